The van der Waals surface area contributed by atoms with Crippen LogP contribution in [-0.4, -0.2) is 28.3 Å². The Balaban J connectivity index is 2.35. The zero-order valence-electron chi connectivity index (χ0n) is 8.44. The van der Waals surface area contributed by atoms with Gasteiger partial charge in [-0.15, -0.1) is 0 Å². The third-order valence-corrected chi connectivity index (χ3v) is 1.93. The van der Waals surface area contributed by atoms with E-state index in [1.54, 1.807) is 0 Å². The molecule has 3 N–H and O–H groups in total. The van der Waals surface area contributed by atoms with Gasteiger partial charge in [-0.3, -0.25) is 9.59 Å². The van der Waals surface area contributed by atoms with Crippen molar-refractivity contribution >= 4 is 23.4 Å². The molecular weight excluding hydrogens is 232 g/mol. The average molecular weight is 243 g/mol. The summed E-state index contributed by atoms with van der Waals surface area (Å²) in [5, 5.41) is 2.81. The van der Waals surface area contributed by atoms with Gasteiger partial charge in [-0.05, 0) is 6.42 Å². The van der Waals surface area contributed by atoms with Gasteiger partial charge in [-0.1, -0.05) is 11.6 Å². The fourth-order valence-corrected chi connectivity index (χ4v) is 1.08. The Morgan fingerprint density at radius 3 is 2.69 bits per heavy atom. The summed E-state index contributed by atoms with van der Waals surface area (Å²) >= 11 is 5.52. The highest BCUT2D eigenvalue weighted by Gasteiger charge is 2.06. The van der Waals surface area contributed by atoms with E-state index in [2.05, 4.69) is 15.3 Å². The molecule has 0 bridgehead atoms. The van der Waals surface area contributed by atoms with Crippen LogP contribution in [0.4, 0.5) is 0 Å². The van der Waals surface area contributed by atoms with Gasteiger partial charge in [-0.25, -0.2) is 9.97 Å². The number of carbonyl (C=O) groups excluding carboxylic acids is 2. The number of nitrogens with one attached hydrogen (secondary N) is 1. The van der Waals surface area contributed by atoms with Crippen molar-refractivity contribution in [1.29, 1.82) is 0 Å². The van der Waals surface area contributed by atoms with Crippen molar-refractivity contribution in [3.63, 3.8) is 0 Å². The van der Waals surface area contributed by atoms with Crippen LogP contribution in [0, 0.1) is 0 Å². The summed E-state index contributed by atoms with van der Waals surface area (Å²) in [6.45, 7) is 0.367. The third-order valence-electron chi connectivity index (χ3n) is 1.74. The highest BCUT2D eigenvalue weighted by atomic mass is 35.5. The number of hydrogen-bond donors (Lipinski definition) is 2. The van der Waals surface area contributed by atoms with Crippen LogP contribution in [0.15, 0.2) is 12.4 Å². The Bertz CT molecular complexity index is 380. The molecule has 86 valence electrons. The lowest BCUT2D eigenvalue weighted by Crippen LogP contribution is -2.26. The second-order valence-electron chi connectivity index (χ2n) is 3.05. The van der Waals surface area contributed by atoms with Crippen molar-refractivity contribution < 1.29 is 9.59 Å². The second kappa shape index (κ2) is 6.02. The van der Waals surface area contributed by atoms with Crippen LogP contribution >= 0.6 is 11.6 Å². The van der Waals surface area contributed by atoms with E-state index in [-0.39, 0.29) is 29.1 Å². The Morgan fingerprint density at radius 2 is 2.12 bits per heavy atom. The van der Waals surface area contributed by atoms with Gasteiger partial charge in [0.15, 0.2) is 0 Å². The van der Waals surface area contributed by atoms with Crippen LogP contribution in [0.2, 0.25) is 5.15 Å². The minimum atomic E-state index is -0.388. The second-order valence-corrected chi connectivity index (χ2v) is 3.44. The highest BCUT2D eigenvalue weighted by molar-refractivity contribution is 6.29. The summed E-state index contributed by atoms with van der Waals surface area (Å²) in [6, 6.07) is 0. The largest absolute Gasteiger partial charge is 0.370 e. The van der Waals surface area contributed by atoms with E-state index in [0.29, 0.717) is 13.0 Å². The van der Waals surface area contributed by atoms with E-state index < -0.39 is 0 Å². The Hall–Kier alpha value is -1.69. The summed E-state index contributed by atoms with van der Waals surface area (Å²) in [7, 11) is 0. The summed E-state index contributed by atoms with van der Waals surface area (Å²) in [5.74, 6) is -0.742. The molecule has 0 aromatic carbocycles. The van der Waals surface area contributed by atoms with Crippen molar-refractivity contribution in [3.8, 4) is 0 Å². The summed E-state index contributed by atoms with van der Waals surface area (Å²) in [4.78, 5) is 29.4. The number of nitrogens with zero attached hydrogens (tertiary/aromatic N) is 2. The van der Waals surface area contributed by atoms with Gasteiger partial charge in [0, 0.05) is 13.0 Å². The van der Waals surface area contributed by atoms with Gasteiger partial charge >= 0.3 is 0 Å². The molecule has 1 aromatic rings. The molecule has 7 heteroatoms. The Labute approximate surface area is 97.2 Å². The standard InChI is InChI=1S/C9H11ClN4O2/c10-7-5-13-6(4-14-7)9(16)12-3-1-2-8(11)15/h4-5H,1-3H2,(H2,11,15)(H,12,16). The molecule has 0 aliphatic heterocycles. The maximum atomic E-state index is 11.4. The molecule has 0 radical (unpaired) electrons. The lowest BCUT2D eigenvalue weighted by atomic mass is 10.3. The lowest BCUT2D eigenvalue weighted by Gasteiger charge is -2.02. The molecule has 0 aliphatic carbocycles. The SMILES string of the molecule is NC(=O)CCCNC(=O)c1cnc(Cl)cn1. The van der Waals surface area contributed by atoms with Crippen molar-refractivity contribution in [3.05, 3.63) is 23.2 Å². The van der Waals surface area contributed by atoms with Crippen LogP contribution in [0.3, 0.4) is 0 Å². The lowest BCUT2D eigenvalue weighted by molar-refractivity contribution is -0.118. The number of amides is 2. The molecule has 0 aliphatic rings. The molecule has 0 spiro atoms. The minimum Gasteiger partial charge on any atom is -0.370 e. The van der Waals surface area contributed by atoms with Crippen LogP contribution in [0.5, 0.6) is 0 Å². The molecule has 0 fully saturated rings. The smallest absolute Gasteiger partial charge is 0.271 e. The first-order valence-corrected chi connectivity index (χ1v) is 5.01. The Kier molecular flexibility index (Phi) is 4.65. The van der Waals surface area contributed by atoms with Crippen LogP contribution in [-0.2, 0) is 4.79 Å². The van der Waals surface area contributed by atoms with Gasteiger partial charge in [0.25, 0.3) is 5.91 Å². The van der Waals surface area contributed by atoms with Crippen LogP contribution in [0.25, 0.3) is 0 Å². The van der Waals surface area contributed by atoms with E-state index >= 15 is 0 Å². The molecule has 1 heterocycles. The molecule has 0 saturated heterocycles. The summed E-state index contributed by atoms with van der Waals surface area (Å²) in [5.41, 5.74) is 5.13. The highest BCUT2D eigenvalue weighted by Crippen LogP contribution is 2.00. The van der Waals surface area contributed by atoms with E-state index in [9.17, 15) is 9.59 Å². The monoisotopic (exact) mass is 242 g/mol. The van der Waals surface area contributed by atoms with E-state index in [0.717, 1.165) is 0 Å². The first-order chi connectivity index (χ1) is 7.59. The van der Waals surface area contributed by atoms with Crippen molar-refractivity contribution in [2.24, 2.45) is 5.73 Å². The Morgan fingerprint density at radius 1 is 1.38 bits per heavy atom. The molecule has 0 atom stereocenters. The molecule has 0 saturated carbocycles. The quantitative estimate of drug-likeness (QED) is 0.717. The van der Waals surface area contributed by atoms with E-state index in [1.807, 2.05) is 0 Å². The number of nitrogens with two attached hydrogens (primary N) is 1. The fourth-order valence-electron chi connectivity index (χ4n) is 0.985. The normalized spacial score (nSPS) is 9.81. The van der Waals surface area contributed by atoms with Gasteiger partial charge in [0.1, 0.15) is 10.8 Å². The van der Waals surface area contributed by atoms with E-state index in [1.165, 1.54) is 12.4 Å². The summed E-state index contributed by atoms with van der Waals surface area (Å²) in [6.07, 6.45) is 3.32. The minimum absolute atomic E-state index is 0.184. The maximum Gasteiger partial charge on any atom is 0.271 e. The molecule has 6 nitrogen and oxygen atoms in total. The molecule has 1 aromatic heterocycles. The van der Waals surface area contributed by atoms with Gasteiger partial charge in [0.2, 0.25) is 5.91 Å². The molecule has 2 amide bonds. The van der Waals surface area contributed by atoms with Gasteiger partial charge in [-0.2, -0.15) is 0 Å². The zero-order valence-corrected chi connectivity index (χ0v) is 9.20. The fraction of sp³-hybridized carbons (Fsp3) is 0.333. The van der Waals surface area contributed by atoms with Gasteiger partial charge < -0.3 is 11.1 Å². The number of rotatable bonds is 5. The number of halogens is 1. The number of primary amides is 1. The average Bonchev–Trinajstić information content (AvgIpc) is 2.25. The van der Waals surface area contributed by atoms with Crippen molar-refractivity contribution in [1.82, 2.24) is 15.3 Å². The molecule has 1 rings (SSSR count). The first-order valence-electron chi connectivity index (χ1n) is 4.63. The third kappa shape index (κ3) is 4.22. The maximum absolute atomic E-state index is 11.4. The van der Waals surface area contributed by atoms with Crippen LogP contribution < -0.4 is 11.1 Å². The predicted molar refractivity (Wildman–Crippen MR) is 57.8 cm³/mol. The van der Waals surface area contributed by atoms with Gasteiger partial charge in [0.05, 0.1) is 12.4 Å². The number of hydrogen-bond acceptors (Lipinski definition) is 4. The number of carbonyl (C=O) groups is 2. The molecular formula is C9H11ClN4O2. The predicted octanol–water partition coefficient (Wildman–Crippen LogP) is 0.125. The van der Waals surface area contributed by atoms with Crippen LogP contribution in [0.1, 0.15) is 23.3 Å². The summed E-state index contributed by atoms with van der Waals surface area (Å²) < 4.78 is 0. The number of aromatic nitrogens is 2. The first kappa shape index (κ1) is 12.4. The molecule has 0 unspecified atom stereocenters. The van der Waals surface area contributed by atoms with Crippen molar-refractivity contribution in [2.75, 3.05) is 6.54 Å². The molecule has 16 heavy (non-hydrogen) atoms. The topological polar surface area (TPSA) is 98.0 Å². The van der Waals surface area contributed by atoms with Crippen molar-refractivity contribution in [2.45, 2.75) is 12.8 Å². The van der Waals surface area contributed by atoms with E-state index in [4.69, 9.17) is 17.3 Å². The zero-order chi connectivity index (χ0) is 12.0.